The predicted molar refractivity (Wildman–Crippen MR) is 271 cm³/mol. The molecule has 20 heteroatoms. The average molecular weight is 1040 g/mol. The number of hydrogen-bond donors (Lipinski definition) is 6. The molecule has 3 aromatic rings. The van der Waals surface area contributed by atoms with Gasteiger partial charge >= 0.3 is 17.7 Å². The third kappa shape index (κ3) is 9.09. The Kier molecular flexibility index (Phi) is 13.7. The number of aromatic carboxylic acids is 1. The molecular weight excluding hydrogens is 974 g/mol. The number of aliphatic hydroxyl groups is 2. The van der Waals surface area contributed by atoms with Gasteiger partial charge in [-0.25, -0.2) is 9.18 Å². The van der Waals surface area contributed by atoms with Gasteiger partial charge < -0.3 is 59.5 Å². The molecule has 5 heterocycles. The number of aromatic hydroxyl groups is 1. The molecule has 19 nitrogen and oxygen atoms in total. The normalized spacial score (nSPS) is 30.4. The fourth-order valence-electron chi connectivity index (χ4n) is 11.2. The molecule has 0 unspecified atom stereocenters. The van der Waals surface area contributed by atoms with Crippen LogP contribution in [0, 0.1) is 36.4 Å². The number of piperidine rings is 1. The number of hydrogen-bond acceptors (Lipinski definition) is 16. The fourth-order valence-corrected chi connectivity index (χ4v) is 11.2. The molecule has 0 radical (unpaired) electrons. The Labute approximate surface area is 431 Å². The van der Waals surface area contributed by atoms with E-state index >= 15 is 4.39 Å². The predicted octanol–water partition coefficient (Wildman–Crippen LogP) is 5.65. The lowest BCUT2D eigenvalue weighted by Crippen LogP contribution is -2.50. The minimum Gasteiger partial charge on any atom is -0.507 e. The molecule has 9 rings (SSSR count). The number of pyridine rings is 1. The summed E-state index contributed by atoms with van der Waals surface area (Å²) in [6, 6.07) is 2.60. The Hall–Kier alpha value is -7.16. The van der Waals surface area contributed by atoms with Crippen LogP contribution in [-0.4, -0.2) is 116 Å². The van der Waals surface area contributed by atoms with Crippen LogP contribution >= 0.6 is 0 Å². The van der Waals surface area contributed by atoms with E-state index < -0.39 is 112 Å². The van der Waals surface area contributed by atoms with Gasteiger partial charge in [-0.3, -0.25) is 29.0 Å². The van der Waals surface area contributed by atoms with Gasteiger partial charge in [0.1, 0.15) is 40.3 Å². The lowest BCUT2D eigenvalue weighted by atomic mass is 9.78. The van der Waals surface area contributed by atoms with Gasteiger partial charge in [-0.15, -0.1) is 0 Å². The summed E-state index contributed by atoms with van der Waals surface area (Å²) in [4.78, 5) is 88.7. The Balaban J connectivity index is 1.13. The number of aromatic nitrogens is 1. The number of nitrogens with zero attached hydrogens (tertiary/aromatic N) is 3. The van der Waals surface area contributed by atoms with Crippen LogP contribution < -0.4 is 25.7 Å². The standard InChI is InChI=1S/C55H62FN5O14/c1-24-11-10-12-25(2)52(69)57-43-42-41(58-55(59-42)16-18-60(19-17-55)36-22-35-32(21-34(36)56)47(66)33(53(70)71)23-61(35)31-13-14-31)38-39(48(43)67)46(65)29(6)50-40(38)51(68)54(8,75-50)73-20-15-37(72-9)26(3)49(74-30(7)62)28(5)45(64)27(4)44(24)63/h10-12,15,20-24,26-28,31,37,44-45,49,59,63-65H,13-14,16-19H2,1-9H3,(H,57,69)(H,70,71)/b11-10+,20-15+,25-12-/t24-,26+,27+,28+,37-,44-,45+,49+,54-/m0/s1. The number of fused-ring (bicyclic) bond motifs is 4. The zero-order chi connectivity index (χ0) is 54.3. The highest BCUT2D eigenvalue weighted by Gasteiger charge is 2.55. The molecule has 1 saturated carbocycles. The van der Waals surface area contributed by atoms with Crippen LogP contribution in [0.2, 0.25) is 0 Å². The van der Waals surface area contributed by atoms with E-state index in [2.05, 4.69) is 10.6 Å². The second-order valence-electron chi connectivity index (χ2n) is 21.0. The number of benzene rings is 2. The van der Waals surface area contributed by atoms with Gasteiger partial charge in [-0.2, -0.15) is 0 Å². The number of halogens is 1. The second-order valence-corrected chi connectivity index (χ2v) is 21.0. The SMILES string of the molecule is CO[C@H]1/C=C/O[C@@]2(C)Oc3c(C)c(O)c4c(c3C2=O)C2=NC3(CCN(c5cc6c(cc5F)c(=O)c(C(=O)O)cn6C5CC5)CC3)NC2=C(NC(=O)/C(C)=C\C=C\[C@H](C)[C@H](O)[C@@H](C)[C@@H](O)[C@@H](C)[C@H](OC(C)=O)[C@@H]1C)C4=O. The van der Waals surface area contributed by atoms with Gasteiger partial charge in [0.05, 0.1) is 58.3 Å². The lowest BCUT2D eigenvalue weighted by molar-refractivity contribution is -0.160. The highest BCUT2D eigenvalue weighted by Crippen LogP contribution is 2.51. The van der Waals surface area contributed by atoms with Crippen LogP contribution in [0.1, 0.15) is 122 Å². The number of rotatable bonds is 5. The molecule has 5 bridgehead atoms. The number of methoxy groups -OCH3 is 1. The van der Waals surface area contributed by atoms with Crippen molar-refractivity contribution < 1.29 is 67.7 Å². The number of carbonyl (C=O) groups is 5. The summed E-state index contributed by atoms with van der Waals surface area (Å²) in [6.07, 6.45) is 6.61. The highest BCUT2D eigenvalue weighted by atomic mass is 19.1. The van der Waals surface area contributed by atoms with Gasteiger partial charge in [0.15, 0.2) is 0 Å². The third-order valence-electron chi connectivity index (χ3n) is 15.9. The van der Waals surface area contributed by atoms with Crippen LogP contribution in [0.3, 0.4) is 0 Å². The first kappa shape index (κ1) is 52.7. The maximum absolute atomic E-state index is 16.2. The first-order valence-corrected chi connectivity index (χ1v) is 25.2. The van der Waals surface area contributed by atoms with Crippen molar-refractivity contribution in [2.45, 2.75) is 123 Å². The zero-order valence-electron chi connectivity index (χ0n) is 43.1. The smallest absolute Gasteiger partial charge is 0.341 e. The fraction of sp³-hybridized carbons (Fsp3) is 0.473. The largest absolute Gasteiger partial charge is 0.507 e. The molecule has 9 atom stereocenters. The summed E-state index contributed by atoms with van der Waals surface area (Å²) >= 11 is 0. The summed E-state index contributed by atoms with van der Waals surface area (Å²) in [6.45, 7) is 12.8. The quantitative estimate of drug-likeness (QED) is 0.169. The number of aliphatic imine (C=N–C) groups is 1. The van der Waals surface area contributed by atoms with Crippen LogP contribution in [0.15, 0.2) is 75.6 Å². The van der Waals surface area contributed by atoms with Crippen molar-refractivity contribution in [3.8, 4) is 11.5 Å². The summed E-state index contributed by atoms with van der Waals surface area (Å²) in [5, 5.41) is 50.9. The van der Waals surface area contributed by atoms with Crippen molar-refractivity contribution in [3.05, 3.63) is 110 Å². The van der Waals surface area contributed by atoms with Gasteiger partial charge in [0.2, 0.25) is 11.2 Å². The van der Waals surface area contributed by atoms with Crippen molar-refractivity contribution in [1.29, 1.82) is 0 Å². The number of carboxylic acids is 1. The van der Waals surface area contributed by atoms with Gasteiger partial charge in [0.25, 0.3) is 11.7 Å². The number of ether oxygens (including phenoxy) is 4. The number of Topliss-reactive ketones (excluding diaryl/α,β-unsaturated/α-hetero) is 2. The number of ketones is 2. The van der Waals surface area contributed by atoms with Crippen molar-refractivity contribution >= 4 is 51.7 Å². The first-order chi connectivity index (χ1) is 35.4. The van der Waals surface area contributed by atoms with Crippen LogP contribution in [0.4, 0.5) is 10.1 Å². The number of allylic oxidation sites excluding steroid dienone is 4. The summed E-state index contributed by atoms with van der Waals surface area (Å²) < 4.78 is 41.9. The Bertz CT molecular complexity index is 3180. The molecule has 1 amide bonds. The van der Waals surface area contributed by atoms with E-state index in [0.29, 0.717) is 5.52 Å². The number of aliphatic hydroxyl groups excluding tert-OH is 2. The number of anilines is 1. The van der Waals surface area contributed by atoms with Crippen molar-refractivity contribution in [2.24, 2.45) is 28.7 Å². The Morgan fingerprint density at radius 3 is 2.27 bits per heavy atom. The summed E-state index contributed by atoms with van der Waals surface area (Å²) in [7, 11) is 1.43. The van der Waals surface area contributed by atoms with Crippen LogP contribution in [0.25, 0.3) is 10.9 Å². The second kappa shape index (κ2) is 19.5. The summed E-state index contributed by atoms with van der Waals surface area (Å²) in [5.74, 6) is -10.3. The van der Waals surface area contributed by atoms with E-state index in [1.165, 1.54) is 59.4 Å². The van der Waals surface area contributed by atoms with E-state index in [1.807, 2.05) is 0 Å². The molecule has 2 aromatic carbocycles. The molecule has 6 aliphatic rings. The molecule has 1 saturated heterocycles. The lowest BCUT2D eigenvalue weighted by Gasteiger charge is -2.39. The van der Waals surface area contributed by atoms with Gasteiger partial charge in [0, 0.05) is 105 Å². The van der Waals surface area contributed by atoms with Crippen molar-refractivity contribution in [1.82, 2.24) is 15.2 Å². The van der Waals surface area contributed by atoms with E-state index in [9.17, 15) is 49.2 Å². The minimum atomic E-state index is -2.09. The number of carbonyl (C=O) groups excluding carboxylic acids is 4. The number of amides is 1. The van der Waals surface area contributed by atoms with E-state index in [4.69, 9.17) is 23.9 Å². The molecule has 2 aliphatic carbocycles. The number of nitrogens with one attached hydrogen (secondary N) is 2. The van der Waals surface area contributed by atoms with Gasteiger partial charge in [-0.1, -0.05) is 45.9 Å². The molecule has 4 aliphatic heterocycles. The molecular formula is C55H62FN5O14. The van der Waals surface area contributed by atoms with Crippen molar-refractivity contribution in [2.75, 3.05) is 25.1 Å². The molecule has 75 heavy (non-hydrogen) atoms. The molecule has 6 N–H and O–H groups in total. The molecule has 1 aromatic heterocycles. The van der Waals surface area contributed by atoms with E-state index in [-0.39, 0.29) is 93.7 Å². The molecule has 1 spiro atoms. The molecule has 2 fully saturated rings. The highest BCUT2D eigenvalue weighted by molar-refractivity contribution is 6.34. The van der Waals surface area contributed by atoms with E-state index in [0.717, 1.165) is 18.9 Å². The van der Waals surface area contributed by atoms with E-state index in [1.54, 1.807) is 55.4 Å². The van der Waals surface area contributed by atoms with Crippen molar-refractivity contribution in [3.63, 3.8) is 0 Å². The van der Waals surface area contributed by atoms with Gasteiger partial charge in [-0.05, 0) is 44.9 Å². The maximum atomic E-state index is 16.2. The summed E-state index contributed by atoms with van der Waals surface area (Å²) in [5.41, 5.74) is -2.26. The minimum absolute atomic E-state index is 0.0339. The number of phenols is 1. The Morgan fingerprint density at radius 2 is 1.63 bits per heavy atom. The maximum Gasteiger partial charge on any atom is 0.341 e. The molecule has 398 valence electrons. The Morgan fingerprint density at radius 1 is 0.933 bits per heavy atom. The monoisotopic (exact) mass is 1040 g/mol. The third-order valence-corrected chi connectivity index (χ3v) is 15.9. The topological polar surface area (TPSA) is 265 Å². The van der Waals surface area contributed by atoms with Crippen LogP contribution in [-0.2, 0) is 23.8 Å². The van der Waals surface area contributed by atoms with Crippen LogP contribution in [0.5, 0.6) is 11.5 Å². The number of phenolic OH excluding ortho intramolecular Hbond substituents is 1. The first-order valence-electron chi connectivity index (χ1n) is 25.2. The number of carboxylic acid groups (broad SMARTS) is 1. The average Bonchev–Trinajstić information content (AvgIpc) is 4.10. The zero-order valence-corrected chi connectivity index (χ0v) is 43.1. The number of esters is 1.